The summed E-state index contributed by atoms with van der Waals surface area (Å²) in [5.41, 5.74) is -0.146. The molecule has 0 saturated heterocycles. The lowest BCUT2D eigenvalue weighted by molar-refractivity contribution is -0.146. The molecular weight excluding hydrogens is 418 g/mol. The molecule has 3 N–H and O–H groups in total. The van der Waals surface area contributed by atoms with Crippen LogP contribution in [0.1, 0.15) is 39.0 Å². The van der Waals surface area contributed by atoms with Gasteiger partial charge in [-0.25, -0.2) is 12.7 Å². The predicted molar refractivity (Wildman–Crippen MR) is 110 cm³/mol. The van der Waals surface area contributed by atoms with Gasteiger partial charge in [0.25, 0.3) is 0 Å². The molecule has 2 unspecified atom stereocenters. The molecule has 1 aromatic rings. The average Bonchev–Trinajstić information content (AvgIpc) is 3.14. The maximum Gasteiger partial charge on any atom is 0.247 e. The van der Waals surface area contributed by atoms with Crippen molar-refractivity contribution in [2.24, 2.45) is 0 Å². The lowest BCUT2D eigenvalue weighted by Crippen LogP contribution is -2.70. The SMILES string of the molecule is CCC1(NC2C(=O)C(=O)C2Nc2ccc(Cl)c(S(=O)(=O)N(C)C)c2O)CCCC1. The van der Waals surface area contributed by atoms with Crippen LogP contribution in [0.3, 0.4) is 0 Å². The molecule has 0 aliphatic heterocycles. The lowest BCUT2D eigenvalue weighted by atomic mass is 9.79. The van der Waals surface area contributed by atoms with Crippen molar-refractivity contribution in [1.29, 1.82) is 0 Å². The molecule has 0 heterocycles. The van der Waals surface area contributed by atoms with Crippen molar-refractivity contribution in [3.8, 4) is 5.75 Å². The first-order valence-electron chi connectivity index (χ1n) is 9.60. The smallest absolute Gasteiger partial charge is 0.247 e. The number of ketones is 2. The first-order valence-corrected chi connectivity index (χ1v) is 11.4. The standard InChI is InChI=1S/C19H26ClN3O5S/c1-4-19(9-5-6-10-19)22-14-13(16(25)17(14)26)21-12-8-7-11(20)18(15(12)24)29(27,28)23(2)3/h7-8,13-14,21-22,24H,4-6,9-10H2,1-3H3. The molecule has 2 fully saturated rings. The highest BCUT2D eigenvalue weighted by Crippen LogP contribution is 2.39. The van der Waals surface area contributed by atoms with Crippen LogP contribution in [-0.4, -0.2) is 61.1 Å². The minimum absolute atomic E-state index is 0.0319. The van der Waals surface area contributed by atoms with Crippen LogP contribution in [0.15, 0.2) is 17.0 Å². The molecule has 0 spiro atoms. The van der Waals surface area contributed by atoms with Crippen molar-refractivity contribution >= 4 is 38.9 Å². The zero-order chi connectivity index (χ0) is 21.6. The van der Waals surface area contributed by atoms with Gasteiger partial charge in [-0.05, 0) is 31.4 Å². The summed E-state index contributed by atoms with van der Waals surface area (Å²) in [6.45, 7) is 2.05. The number of nitrogens with one attached hydrogen (secondary N) is 2. The van der Waals surface area contributed by atoms with E-state index < -0.39 is 44.3 Å². The maximum atomic E-state index is 12.5. The molecule has 10 heteroatoms. The number of benzene rings is 1. The third-order valence-electron chi connectivity index (χ3n) is 5.97. The summed E-state index contributed by atoms with van der Waals surface area (Å²) in [5.74, 6) is -1.68. The lowest BCUT2D eigenvalue weighted by Gasteiger charge is -2.41. The molecule has 0 radical (unpaired) electrons. The highest BCUT2D eigenvalue weighted by molar-refractivity contribution is 7.89. The topological polar surface area (TPSA) is 116 Å². The number of rotatable bonds is 7. The molecule has 2 saturated carbocycles. The third-order valence-corrected chi connectivity index (χ3v) is 8.29. The van der Waals surface area contributed by atoms with E-state index in [1.165, 1.54) is 26.2 Å². The normalized spacial score (nSPS) is 24.0. The minimum Gasteiger partial charge on any atom is -0.504 e. The van der Waals surface area contributed by atoms with Gasteiger partial charge in [0, 0.05) is 19.6 Å². The summed E-state index contributed by atoms with van der Waals surface area (Å²) in [6.07, 6.45) is 4.85. The Balaban J connectivity index is 1.89. The highest BCUT2D eigenvalue weighted by Gasteiger charge is 2.52. The number of anilines is 1. The second kappa shape index (κ2) is 7.86. The Bertz CT molecular complexity index is 941. The fraction of sp³-hybridized carbons (Fsp3) is 0.579. The van der Waals surface area contributed by atoms with Crippen LogP contribution in [0.25, 0.3) is 0 Å². The van der Waals surface area contributed by atoms with Crippen LogP contribution in [0.5, 0.6) is 5.75 Å². The van der Waals surface area contributed by atoms with E-state index in [1.54, 1.807) is 0 Å². The van der Waals surface area contributed by atoms with E-state index in [0.29, 0.717) is 0 Å². The first kappa shape index (κ1) is 22.0. The van der Waals surface area contributed by atoms with E-state index in [1.807, 2.05) is 0 Å². The van der Waals surface area contributed by atoms with Gasteiger partial charge in [0.05, 0.1) is 10.7 Å². The number of nitrogens with zero attached hydrogens (tertiary/aromatic N) is 1. The molecule has 0 amide bonds. The van der Waals surface area contributed by atoms with Crippen molar-refractivity contribution in [2.75, 3.05) is 19.4 Å². The van der Waals surface area contributed by atoms with E-state index in [2.05, 4.69) is 17.6 Å². The van der Waals surface area contributed by atoms with Gasteiger partial charge in [-0.3, -0.25) is 14.9 Å². The van der Waals surface area contributed by atoms with E-state index in [4.69, 9.17) is 11.6 Å². The van der Waals surface area contributed by atoms with Crippen molar-refractivity contribution in [1.82, 2.24) is 9.62 Å². The molecule has 8 nitrogen and oxygen atoms in total. The summed E-state index contributed by atoms with van der Waals surface area (Å²) >= 11 is 6.02. The number of aromatic hydroxyl groups is 1. The van der Waals surface area contributed by atoms with Crippen LogP contribution < -0.4 is 10.6 Å². The molecule has 2 aliphatic carbocycles. The number of hydrogen-bond donors (Lipinski definition) is 3. The molecule has 0 bridgehead atoms. The number of sulfonamides is 1. The zero-order valence-corrected chi connectivity index (χ0v) is 18.2. The van der Waals surface area contributed by atoms with E-state index in [-0.39, 0.29) is 16.2 Å². The summed E-state index contributed by atoms with van der Waals surface area (Å²) < 4.78 is 26.0. The number of carbonyl (C=O) groups excluding carboxylic acids is 2. The Morgan fingerprint density at radius 2 is 1.76 bits per heavy atom. The second-order valence-electron chi connectivity index (χ2n) is 7.87. The number of carbonyl (C=O) groups is 2. The Morgan fingerprint density at radius 3 is 2.31 bits per heavy atom. The van der Waals surface area contributed by atoms with Gasteiger partial charge in [-0.2, -0.15) is 0 Å². The molecular formula is C19H26ClN3O5S. The van der Waals surface area contributed by atoms with Crippen molar-refractivity contribution < 1.29 is 23.1 Å². The molecule has 0 aromatic heterocycles. The van der Waals surface area contributed by atoms with E-state index in [0.717, 1.165) is 36.4 Å². The molecule has 3 rings (SSSR count). The van der Waals surface area contributed by atoms with Crippen LogP contribution in [0.2, 0.25) is 5.02 Å². The number of phenols is 1. The Morgan fingerprint density at radius 1 is 1.17 bits per heavy atom. The van der Waals surface area contributed by atoms with Gasteiger partial charge in [0.1, 0.15) is 17.0 Å². The largest absolute Gasteiger partial charge is 0.504 e. The van der Waals surface area contributed by atoms with Crippen LogP contribution in [-0.2, 0) is 19.6 Å². The molecule has 2 atom stereocenters. The number of halogens is 1. The monoisotopic (exact) mass is 443 g/mol. The van der Waals surface area contributed by atoms with Crippen LogP contribution in [0.4, 0.5) is 5.69 Å². The van der Waals surface area contributed by atoms with Gasteiger partial charge in [0.2, 0.25) is 21.6 Å². The fourth-order valence-corrected chi connectivity index (χ4v) is 5.53. The summed E-state index contributed by atoms with van der Waals surface area (Å²) in [4.78, 5) is 24.0. The second-order valence-corrected chi connectivity index (χ2v) is 10.4. The van der Waals surface area contributed by atoms with Gasteiger partial charge in [-0.1, -0.05) is 31.4 Å². The predicted octanol–water partition coefficient (Wildman–Crippen LogP) is 1.91. The van der Waals surface area contributed by atoms with Crippen molar-refractivity contribution in [2.45, 2.75) is 61.5 Å². The van der Waals surface area contributed by atoms with Gasteiger partial charge >= 0.3 is 0 Å². The summed E-state index contributed by atoms with van der Waals surface area (Å²) in [5, 5.41) is 16.6. The van der Waals surface area contributed by atoms with Gasteiger partial charge in [-0.15, -0.1) is 0 Å². The third kappa shape index (κ3) is 3.76. The quantitative estimate of drug-likeness (QED) is 0.435. The average molecular weight is 444 g/mol. The highest BCUT2D eigenvalue weighted by atomic mass is 35.5. The van der Waals surface area contributed by atoms with E-state index >= 15 is 0 Å². The van der Waals surface area contributed by atoms with Gasteiger partial charge in [0.15, 0.2) is 5.75 Å². The summed E-state index contributed by atoms with van der Waals surface area (Å²) in [6, 6.07) is 1.13. The molecule has 160 valence electrons. The molecule has 1 aromatic carbocycles. The van der Waals surface area contributed by atoms with Gasteiger partial charge < -0.3 is 10.4 Å². The Labute approximate surface area is 175 Å². The van der Waals surface area contributed by atoms with Crippen LogP contribution >= 0.6 is 11.6 Å². The van der Waals surface area contributed by atoms with Crippen molar-refractivity contribution in [3.63, 3.8) is 0 Å². The molecule has 29 heavy (non-hydrogen) atoms. The maximum absolute atomic E-state index is 12.5. The molecule has 2 aliphatic rings. The zero-order valence-electron chi connectivity index (χ0n) is 16.7. The number of hydrogen-bond acceptors (Lipinski definition) is 7. The van der Waals surface area contributed by atoms with Crippen molar-refractivity contribution in [3.05, 3.63) is 17.2 Å². The van der Waals surface area contributed by atoms with E-state index in [9.17, 15) is 23.1 Å². The first-order chi connectivity index (χ1) is 13.5. The Hall–Kier alpha value is -1.68. The fourth-order valence-electron chi connectivity index (χ4n) is 4.05. The Kier molecular flexibility index (Phi) is 5.97. The summed E-state index contributed by atoms with van der Waals surface area (Å²) in [7, 11) is -1.36. The minimum atomic E-state index is -4.01. The number of phenolic OH excluding ortho intramolecular Hbond substituents is 1. The van der Waals surface area contributed by atoms with Crippen LogP contribution in [0, 0.1) is 0 Å². The number of Topliss-reactive ketones (excluding diaryl/α,β-unsaturated/α-hetero) is 2.